The van der Waals surface area contributed by atoms with Crippen LogP contribution < -0.4 is 9.47 Å². The van der Waals surface area contributed by atoms with Crippen LogP contribution in [0.1, 0.15) is 12.0 Å². The summed E-state index contributed by atoms with van der Waals surface area (Å²) in [5.74, 6) is 1.87. The SMILES string of the molecule is COc1ccc(-c2noc([C@H]3CN(S(=O)(=O)CCOc4ccccc4)CCO3)n2)cc1. The van der Waals surface area contributed by atoms with Gasteiger partial charge in [0.15, 0.2) is 6.10 Å². The average molecular weight is 445 g/mol. The van der Waals surface area contributed by atoms with Gasteiger partial charge in [0, 0.05) is 18.7 Å². The summed E-state index contributed by atoms with van der Waals surface area (Å²) >= 11 is 0. The Morgan fingerprint density at radius 3 is 2.61 bits per heavy atom. The molecule has 0 amide bonds. The van der Waals surface area contributed by atoms with Gasteiger partial charge in [0.2, 0.25) is 15.8 Å². The van der Waals surface area contributed by atoms with Crippen molar-refractivity contribution in [2.45, 2.75) is 6.10 Å². The predicted octanol–water partition coefficient (Wildman–Crippen LogP) is 2.53. The fourth-order valence-corrected chi connectivity index (χ4v) is 4.43. The van der Waals surface area contributed by atoms with Crippen molar-refractivity contribution in [2.24, 2.45) is 0 Å². The van der Waals surface area contributed by atoms with E-state index < -0.39 is 16.1 Å². The van der Waals surface area contributed by atoms with Gasteiger partial charge in [-0.25, -0.2) is 8.42 Å². The van der Waals surface area contributed by atoms with Crippen molar-refractivity contribution in [3.8, 4) is 22.9 Å². The Balaban J connectivity index is 1.38. The van der Waals surface area contributed by atoms with E-state index in [1.165, 1.54) is 4.31 Å². The van der Waals surface area contributed by atoms with Crippen LogP contribution in [0.3, 0.4) is 0 Å². The van der Waals surface area contributed by atoms with Crippen molar-refractivity contribution in [1.29, 1.82) is 0 Å². The molecular weight excluding hydrogens is 422 g/mol. The number of nitrogens with zero attached hydrogens (tertiary/aromatic N) is 3. The quantitative estimate of drug-likeness (QED) is 0.521. The van der Waals surface area contributed by atoms with Gasteiger partial charge in [0.1, 0.15) is 18.1 Å². The highest BCUT2D eigenvalue weighted by molar-refractivity contribution is 7.89. The van der Waals surface area contributed by atoms with E-state index in [0.717, 1.165) is 11.3 Å². The largest absolute Gasteiger partial charge is 0.497 e. The molecule has 10 heteroatoms. The van der Waals surface area contributed by atoms with Crippen molar-refractivity contribution < 1.29 is 27.2 Å². The number of benzene rings is 2. The highest BCUT2D eigenvalue weighted by Crippen LogP contribution is 2.26. The molecule has 1 aliphatic rings. The Morgan fingerprint density at radius 2 is 1.87 bits per heavy atom. The summed E-state index contributed by atoms with van der Waals surface area (Å²) in [5.41, 5.74) is 0.758. The minimum Gasteiger partial charge on any atom is -0.497 e. The van der Waals surface area contributed by atoms with E-state index in [9.17, 15) is 8.42 Å². The van der Waals surface area contributed by atoms with Crippen LogP contribution in [0, 0.1) is 0 Å². The standard InChI is InChI=1S/C21H23N3O6S/c1-27-17-9-7-16(8-10-17)20-22-21(30-23-20)19-15-24(11-12-29-19)31(25,26)14-13-28-18-5-3-2-4-6-18/h2-10,19H,11-15H2,1H3/t19-/m1/s1. The van der Waals surface area contributed by atoms with Gasteiger partial charge < -0.3 is 18.7 Å². The maximum atomic E-state index is 12.8. The molecule has 3 aromatic rings. The molecule has 2 heterocycles. The predicted molar refractivity (Wildman–Crippen MR) is 112 cm³/mol. The number of methoxy groups -OCH3 is 1. The average Bonchev–Trinajstić information content (AvgIpc) is 3.30. The molecule has 0 bridgehead atoms. The van der Waals surface area contributed by atoms with Crippen LogP contribution in [0.5, 0.6) is 11.5 Å². The number of rotatable bonds is 8. The van der Waals surface area contributed by atoms with E-state index in [4.69, 9.17) is 18.7 Å². The second-order valence-corrected chi connectivity index (χ2v) is 8.97. The molecule has 0 aliphatic carbocycles. The van der Waals surface area contributed by atoms with Crippen LogP contribution in [-0.2, 0) is 14.8 Å². The van der Waals surface area contributed by atoms with Gasteiger partial charge in [-0.15, -0.1) is 0 Å². The van der Waals surface area contributed by atoms with Crippen LogP contribution in [0.25, 0.3) is 11.4 Å². The molecule has 2 aromatic carbocycles. The van der Waals surface area contributed by atoms with Gasteiger partial charge >= 0.3 is 0 Å². The third-order valence-corrected chi connectivity index (χ3v) is 6.64. The summed E-state index contributed by atoms with van der Waals surface area (Å²) in [6, 6.07) is 16.3. The number of aromatic nitrogens is 2. The minimum atomic E-state index is -3.52. The lowest BCUT2D eigenvalue weighted by molar-refractivity contribution is -0.0200. The van der Waals surface area contributed by atoms with E-state index in [2.05, 4.69) is 10.1 Å². The van der Waals surface area contributed by atoms with Crippen LogP contribution in [0.15, 0.2) is 59.1 Å². The molecule has 31 heavy (non-hydrogen) atoms. The van der Waals surface area contributed by atoms with Crippen LogP contribution in [-0.4, -0.2) is 62.0 Å². The first-order valence-electron chi connectivity index (χ1n) is 9.80. The maximum Gasteiger partial charge on any atom is 0.257 e. The molecule has 1 aromatic heterocycles. The molecule has 164 valence electrons. The lowest BCUT2D eigenvalue weighted by atomic mass is 10.2. The van der Waals surface area contributed by atoms with E-state index in [-0.39, 0.29) is 37.9 Å². The smallest absolute Gasteiger partial charge is 0.257 e. The normalized spacial score (nSPS) is 17.4. The van der Waals surface area contributed by atoms with E-state index in [1.54, 1.807) is 31.4 Å². The summed E-state index contributed by atoms with van der Waals surface area (Å²) in [5, 5.41) is 3.99. The molecule has 0 saturated carbocycles. The van der Waals surface area contributed by atoms with Crippen LogP contribution in [0.2, 0.25) is 0 Å². The van der Waals surface area contributed by atoms with Crippen molar-refractivity contribution >= 4 is 10.0 Å². The van der Waals surface area contributed by atoms with Crippen molar-refractivity contribution in [2.75, 3.05) is 39.2 Å². The molecule has 0 unspecified atom stereocenters. The summed E-state index contributed by atoms with van der Waals surface area (Å²) in [6.07, 6.45) is -0.627. The number of hydrogen-bond acceptors (Lipinski definition) is 8. The van der Waals surface area contributed by atoms with Gasteiger partial charge in [-0.2, -0.15) is 9.29 Å². The Morgan fingerprint density at radius 1 is 1.10 bits per heavy atom. The zero-order valence-electron chi connectivity index (χ0n) is 17.0. The van der Waals surface area contributed by atoms with Gasteiger partial charge in [-0.1, -0.05) is 23.4 Å². The lowest BCUT2D eigenvalue weighted by Crippen LogP contribution is -2.44. The van der Waals surface area contributed by atoms with Gasteiger partial charge in [0.25, 0.3) is 5.89 Å². The maximum absolute atomic E-state index is 12.8. The molecule has 1 saturated heterocycles. The third-order valence-electron chi connectivity index (χ3n) is 4.84. The molecule has 1 aliphatic heterocycles. The number of sulfonamides is 1. The Labute approximate surface area is 180 Å². The topological polar surface area (TPSA) is 104 Å². The lowest BCUT2D eigenvalue weighted by Gasteiger charge is -2.30. The summed E-state index contributed by atoms with van der Waals surface area (Å²) in [7, 11) is -1.93. The molecule has 1 atom stereocenters. The molecule has 9 nitrogen and oxygen atoms in total. The first-order valence-corrected chi connectivity index (χ1v) is 11.4. The molecule has 1 fully saturated rings. The fraction of sp³-hybridized carbons (Fsp3) is 0.333. The minimum absolute atomic E-state index is 0.0660. The molecule has 0 N–H and O–H groups in total. The highest BCUT2D eigenvalue weighted by atomic mass is 32.2. The molecule has 0 radical (unpaired) electrons. The van der Waals surface area contributed by atoms with E-state index in [1.807, 2.05) is 30.3 Å². The monoisotopic (exact) mass is 445 g/mol. The third kappa shape index (κ3) is 5.22. The number of hydrogen-bond donors (Lipinski definition) is 0. The zero-order chi connectivity index (χ0) is 21.7. The highest BCUT2D eigenvalue weighted by Gasteiger charge is 2.33. The number of ether oxygens (including phenoxy) is 3. The molecule has 0 spiro atoms. The summed E-state index contributed by atoms with van der Waals surface area (Å²) in [6.45, 7) is 0.682. The molecule has 4 rings (SSSR count). The zero-order valence-corrected chi connectivity index (χ0v) is 17.8. The van der Waals surface area contributed by atoms with Gasteiger partial charge in [-0.05, 0) is 36.4 Å². The first kappa shape index (κ1) is 21.3. The van der Waals surface area contributed by atoms with Crippen LogP contribution >= 0.6 is 0 Å². The fourth-order valence-electron chi connectivity index (χ4n) is 3.16. The number of para-hydroxylation sites is 1. The summed E-state index contributed by atoms with van der Waals surface area (Å²) in [4.78, 5) is 4.39. The number of morpholine rings is 1. The van der Waals surface area contributed by atoms with Crippen LogP contribution in [0.4, 0.5) is 0 Å². The second kappa shape index (κ2) is 9.46. The van der Waals surface area contributed by atoms with Crippen molar-refractivity contribution in [3.63, 3.8) is 0 Å². The summed E-state index contributed by atoms with van der Waals surface area (Å²) < 4.78 is 48.6. The van der Waals surface area contributed by atoms with Gasteiger partial charge in [0.05, 0.1) is 19.5 Å². The second-order valence-electron chi connectivity index (χ2n) is 6.88. The van der Waals surface area contributed by atoms with E-state index >= 15 is 0 Å². The van der Waals surface area contributed by atoms with E-state index in [0.29, 0.717) is 11.6 Å². The first-order chi connectivity index (χ1) is 15.0. The Bertz CT molecular complexity index is 1090. The van der Waals surface area contributed by atoms with Gasteiger partial charge in [-0.3, -0.25) is 0 Å². The molecular formula is C21H23N3O6S. The Hall–Kier alpha value is -2.95. The van der Waals surface area contributed by atoms with Crippen molar-refractivity contribution in [3.05, 3.63) is 60.5 Å². The Kier molecular flexibility index (Phi) is 6.50. The van der Waals surface area contributed by atoms with Crippen molar-refractivity contribution in [1.82, 2.24) is 14.4 Å².